The molecule has 3 heterocycles. The average molecular weight is 430 g/mol. The standard InChI is InChI=1S/C19H16ClN5OS2/c20-11-7-5-10(6-8-11)13(26)9-27-19-24-23-16-15-12-3-1-2-4-14(12)28-17(15)22-18(21)25(16)19/h5-8H,1-4,9H2,(H2,21,22). The first-order valence-corrected chi connectivity index (χ1v) is 11.2. The van der Waals surface area contributed by atoms with E-state index < -0.39 is 0 Å². The largest absolute Gasteiger partial charge is 0.369 e. The number of nitrogens with two attached hydrogens (primary N) is 1. The zero-order chi connectivity index (χ0) is 19.3. The molecule has 0 radical (unpaired) electrons. The summed E-state index contributed by atoms with van der Waals surface area (Å²) in [6.45, 7) is 0. The van der Waals surface area contributed by atoms with Crippen LogP contribution in [0.3, 0.4) is 0 Å². The van der Waals surface area contributed by atoms with Crippen LogP contribution in [-0.4, -0.2) is 31.1 Å². The maximum atomic E-state index is 12.5. The molecule has 0 atom stereocenters. The number of carbonyl (C=O) groups is 1. The number of nitrogens with zero attached hydrogens (tertiary/aromatic N) is 4. The van der Waals surface area contributed by atoms with E-state index in [1.54, 1.807) is 40.0 Å². The lowest BCUT2D eigenvalue weighted by Gasteiger charge is -2.10. The third-order valence-electron chi connectivity index (χ3n) is 4.95. The summed E-state index contributed by atoms with van der Waals surface area (Å²) in [7, 11) is 0. The van der Waals surface area contributed by atoms with Gasteiger partial charge < -0.3 is 5.73 Å². The van der Waals surface area contributed by atoms with Crippen LogP contribution in [0.2, 0.25) is 5.02 Å². The van der Waals surface area contributed by atoms with E-state index in [1.165, 1.54) is 35.0 Å². The number of aryl methyl sites for hydroxylation is 2. The van der Waals surface area contributed by atoms with Crippen molar-refractivity contribution in [1.82, 2.24) is 19.6 Å². The van der Waals surface area contributed by atoms with E-state index in [2.05, 4.69) is 15.2 Å². The van der Waals surface area contributed by atoms with Gasteiger partial charge in [-0.25, -0.2) is 9.38 Å². The van der Waals surface area contributed by atoms with Crippen LogP contribution in [0.5, 0.6) is 0 Å². The minimum absolute atomic E-state index is 0.000983. The molecule has 3 aromatic heterocycles. The Kier molecular flexibility index (Phi) is 4.49. The Balaban J connectivity index is 1.50. The number of carbonyl (C=O) groups excluding carboxylic acids is 1. The maximum absolute atomic E-state index is 12.5. The van der Waals surface area contributed by atoms with Gasteiger partial charge in [0.2, 0.25) is 5.95 Å². The van der Waals surface area contributed by atoms with Gasteiger partial charge in [-0.05, 0) is 55.5 Å². The normalized spacial score (nSPS) is 13.9. The number of halogens is 1. The van der Waals surface area contributed by atoms with E-state index >= 15 is 0 Å². The molecule has 5 rings (SSSR count). The molecule has 1 aromatic carbocycles. The molecule has 0 amide bonds. The lowest BCUT2D eigenvalue weighted by molar-refractivity contribution is 0.102. The van der Waals surface area contributed by atoms with Crippen molar-refractivity contribution in [2.45, 2.75) is 30.8 Å². The summed E-state index contributed by atoms with van der Waals surface area (Å²) in [5.41, 5.74) is 8.92. The molecule has 1 aliphatic carbocycles. The highest BCUT2D eigenvalue weighted by atomic mass is 35.5. The Hall–Kier alpha value is -2.16. The smallest absolute Gasteiger partial charge is 0.209 e. The Morgan fingerprint density at radius 1 is 1.21 bits per heavy atom. The Labute approximate surface area is 174 Å². The number of hydrogen-bond donors (Lipinski definition) is 1. The molecule has 0 aliphatic heterocycles. The van der Waals surface area contributed by atoms with Crippen LogP contribution in [0, 0.1) is 0 Å². The average Bonchev–Trinajstić information content (AvgIpc) is 3.27. The third-order valence-corrected chi connectivity index (χ3v) is 7.32. The highest BCUT2D eigenvalue weighted by Gasteiger charge is 2.23. The summed E-state index contributed by atoms with van der Waals surface area (Å²) < 4.78 is 1.77. The Bertz CT molecular complexity index is 1210. The van der Waals surface area contributed by atoms with Crippen LogP contribution in [0.25, 0.3) is 15.9 Å². The topological polar surface area (TPSA) is 86.2 Å². The molecule has 28 heavy (non-hydrogen) atoms. The number of ketones is 1. The molecular weight excluding hydrogens is 414 g/mol. The first kappa shape index (κ1) is 17.9. The molecule has 6 nitrogen and oxygen atoms in total. The maximum Gasteiger partial charge on any atom is 0.209 e. The SMILES string of the molecule is Nc1nc2sc3c(c2c2nnc(SCC(=O)c4ccc(Cl)cc4)n12)CCCC3. The second kappa shape index (κ2) is 7.02. The highest BCUT2D eigenvalue weighted by Crippen LogP contribution is 2.38. The van der Waals surface area contributed by atoms with Crippen molar-refractivity contribution in [3.8, 4) is 0 Å². The van der Waals surface area contributed by atoms with Crippen molar-refractivity contribution in [2.75, 3.05) is 11.5 Å². The number of anilines is 1. The minimum atomic E-state index is -0.000983. The first-order valence-electron chi connectivity index (χ1n) is 8.98. The van der Waals surface area contributed by atoms with Crippen molar-refractivity contribution in [2.24, 2.45) is 0 Å². The third kappa shape index (κ3) is 2.96. The van der Waals surface area contributed by atoms with Gasteiger partial charge in [-0.3, -0.25) is 4.79 Å². The Morgan fingerprint density at radius 2 is 2.00 bits per heavy atom. The lowest BCUT2D eigenvalue weighted by atomic mass is 9.97. The van der Waals surface area contributed by atoms with Crippen LogP contribution in [0.15, 0.2) is 29.4 Å². The number of hydrogen-bond acceptors (Lipinski definition) is 7. The van der Waals surface area contributed by atoms with Crippen LogP contribution in [-0.2, 0) is 12.8 Å². The first-order chi connectivity index (χ1) is 13.6. The fourth-order valence-corrected chi connectivity index (χ4v) is 5.82. The molecule has 0 unspecified atom stereocenters. The van der Waals surface area contributed by atoms with Crippen LogP contribution in [0.4, 0.5) is 5.95 Å². The Morgan fingerprint density at radius 3 is 2.82 bits per heavy atom. The number of aromatic nitrogens is 4. The number of Topliss-reactive ketones (excluding diaryl/α,β-unsaturated/α-hetero) is 1. The molecule has 2 N–H and O–H groups in total. The van der Waals surface area contributed by atoms with Gasteiger partial charge in [0.25, 0.3) is 0 Å². The van der Waals surface area contributed by atoms with Crippen molar-refractivity contribution < 1.29 is 4.79 Å². The minimum Gasteiger partial charge on any atom is -0.369 e. The molecule has 0 bridgehead atoms. The summed E-state index contributed by atoms with van der Waals surface area (Å²) >= 11 is 8.92. The zero-order valence-electron chi connectivity index (χ0n) is 14.8. The predicted molar refractivity (Wildman–Crippen MR) is 114 cm³/mol. The quantitative estimate of drug-likeness (QED) is 0.381. The van der Waals surface area contributed by atoms with Gasteiger partial charge in [-0.2, -0.15) is 0 Å². The van der Waals surface area contributed by atoms with Gasteiger partial charge in [0.1, 0.15) is 4.83 Å². The van der Waals surface area contributed by atoms with Gasteiger partial charge in [0, 0.05) is 15.5 Å². The predicted octanol–water partition coefficient (Wildman–Crippen LogP) is 4.43. The molecule has 0 fully saturated rings. The van der Waals surface area contributed by atoms with Crippen LogP contribution < -0.4 is 5.73 Å². The summed E-state index contributed by atoms with van der Waals surface area (Å²) in [6, 6.07) is 6.88. The van der Waals surface area contributed by atoms with Crippen molar-refractivity contribution >= 4 is 62.3 Å². The van der Waals surface area contributed by atoms with Crippen molar-refractivity contribution in [3.05, 3.63) is 45.3 Å². The van der Waals surface area contributed by atoms with E-state index in [0.29, 0.717) is 21.7 Å². The number of benzene rings is 1. The lowest BCUT2D eigenvalue weighted by Crippen LogP contribution is -2.05. The second-order valence-electron chi connectivity index (χ2n) is 6.72. The molecule has 0 saturated heterocycles. The molecular formula is C19H16ClN5OS2. The summed E-state index contributed by atoms with van der Waals surface area (Å²) in [5, 5.41) is 11.0. The van der Waals surface area contributed by atoms with Crippen molar-refractivity contribution in [3.63, 3.8) is 0 Å². The van der Waals surface area contributed by atoms with Gasteiger partial charge in [0.15, 0.2) is 16.6 Å². The molecule has 142 valence electrons. The summed E-state index contributed by atoms with van der Waals surface area (Å²) in [6.07, 6.45) is 4.53. The van der Waals surface area contributed by atoms with E-state index in [0.717, 1.165) is 28.7 Å². The molecule has 0 spiro atoms. The highest BCUT2D eigenvalue weighted by molar-refractivity contribution is 7.99. The van der Waals surface area contributed by atoms with Crippen LogP contribution in [0.1, 0.15) is 33.6 Å². The molecule has 9 heteroatoms. The number of thiophene rings is 1. The van der Waals surface area contributed by atoms with Gasteiger partial charge >= 0.3 is 0 Å². The molecule has 1 aliphatic rings. The van der Waals surface area contributed by atoms with E-state index in [1.807, 2.05) is 0 Å². The second-order valence-corrected chi connectivity index (χ2v) is 9.18. The zero-order valence-corrected chi connectivity index (χ0v) is 17.2. The summed E-state index contributed by atoms with van der Waals surface area (Å²) in [5.74, 6) is 0.591. The number of thioether (sulfide) groups is 1. The fourth-order valence-electron chi connectivity index (χ4n) is 3.60. The molecule has 0 saturated carbocycles. The van der Waals surface area contributed by atoms with Crippen molar-refractivity contribution in [1.29, 1.82) is 0 Å². The monoisotopic (exact) mass is 429 g/mol. The van der Waals surface area contributed by atoms with Gasteiger partial charge in [-0.15, -0.1) is 21.5 Å². The van der Waals surface area contributed by atoms with E-state index in [-0.39, 0.29) is 11.5 Å². The number of nitrogen functional groups attached to an aromatic ring is 1. The van der Waals surface area contributed by atoms with Gasteiger partial charge in [0.05, 0.1) is 11.1 Å². The number of fused-ring (bicyclic) bond motifs is 5. The number of rotatable bonds is 4. The van der Waals surface area contributed by atoms with Gasteiger partial charge in [-0.1, -0.05) is 23.4 Å². The van der Waals surface area contributed by atoms with Crippen LogP contribution >= 0.6 is 34.7 Å². The fraction of sp³-hybridized carbons (Fsp3) is 0.263. The van der Waals surface area contributed by atoms with E-state index in [4.69, 9.17) is 17.3 Å². The molecule has 4 aromatic rings. The van der Waals surface area contributed by atoms with E-state index in [9.17, 15) is 4.79 Å². The summed E-state index contributed by atoms with van der Waals surface area (Å²) in [4.78, 5) is 19.4.